The summed E-state index contributed by atoms with van der Waals surface area (Å²) in [7, 11) is 0. The van der Waals surface area contributed by atoms with Crippen molar-refractivity contribution in [1.82, 2.24) is 0 Å². The molecule has 2 fully saturated rings. The smallest absolute Gasteiger partial charge is 0.134 e. The van der Waals surface area contributed by atoms with E-state index in [1.54, 1.807) is 6.07 Å². The second-order valence-electron chi connectivity index (χ2n) is 9.57. The van der Waals surface area contributed by atoms with Gasteiger partial charge in [-0.25, -0.2) is 13.2 Å². The molecule has 2 aromatic carbocycles. The number of rotatable bonds is 6. The van der Waals surface area contributed by atoms with Gasteiger partial charge in [-0.15, -0.1) is 0 Å². The zero-order valence-corrected chi connectivity index (χ0v) is 18.0. The number of benzene rings is 2. The van der Waals surface area contributed by atoms with Crippen LogP contribution in [0.1, 0.15) is 82.6 Å². The van der Waals surface area contributed by atoms with Crippen LogP contribution in [0.4, 0.5) is 13.2 Å². The van der Waals surface area contributed by atoms with E-state index in [0.29, 0.717) is 5.92 Å². The Morgan fingerprint density at radius 1 is 0.833 bits per heavy atom. The van der Waals surface area contributed by atoms with Gasteiger partial charge in [0, 0.05) is 0 Å². The quantitative estimate of drug-likeness (QED) is 0.415. The molecule has 4 atom stereocenters. The summed E-state index contributed by atoms with van der Waals surface area (Å²) in [4.78, 5) is 0. The molecule has 0 nitrogen and oxygen atoms in total. The highest BCUT2D eigenvalue weighted by Crippen LogP contribution is 2.48. The fourth-order valence-electron chi connectivity index (χ4n) is 5.98. The molecule has 0 spiro atoms. The fourth-order valence-corrected chi connectivity index (χ4v) is 5.98. The molecular weight excluding hydrogens is 381 g/mol. The first-order valence-electron chi connectivity index (χ1n) is 11.8. The maximum atomic E-state index is 14.9. The molecule has 0 amide bonds. The predicted molar refractivity (Wildman–Crippen MR) is 117 cm³/mol. The zero-order chi connectivity index (χ0) is 21.1. The molecule has 2 aliphatic carbocycles. The van der Waals surface area contributed by atoms with Gasteiger partial charge in [-0.1, -0.05) is 51.2 Å². The van der Waals surface area contributed by atoms with E-state index in [-0.39, 0.29) is 17.0 Å². The number of hydrogen-bond acceptors (Lipinski definition) is 0. The van der Waals surface area contributed by atoms with Crippen LogP contribution in [0.25, 0.3) is 11.1 Å². The molecule has 4 rings (SSSR count). The van der Waals surface area contributed by atoms with Gasteiger partial charge < -0.3 is 0 Å². The first kappa shape index (κ1) is 21.5. The Hall–Kier alpha value is -1.77. The summed E-state index contributed by atoms with van der Waals surface area (Å²) in [5, 5.41) is 0. The minimum absolute atomic E-state index is 0.125. The van der Waals surface area contributed by atoms with Gasteiger partial charge >= 0.3 is 0 Å². The number of hydrogen-bond donors (Lipinski definition) is 0. The molecule has 0 saturated heterocycles. The van der Waals surface area contributed by atoms with Gasteiger partial charge in [0.05, 0.1) is 5.56 Å². The Bertz CT molecular complexity index is 836. The van der Waals surface area contributed by atoms with Gasteiger partial charge in [0.1, 0.15) is 17.5 Å². The average molecular weight is 415 g/mol. The van der Waals surface area contributed by atoms with Crippen LogP contribution in [0.3, 0.4) is 0 Å². The molecule has 2 aliphatic rings. The van der Waals surface area contributed by atoms with Crippen LogP contribution in [-0.4, -0.2) is 0 Å². The van der Waals surface area contributed by atoms with Gasteiger partial charge in [0.2, 0.25) is 0 Å². The lowest BCUT2D eigenvalue weighted by Crippen LogP contribution is -2.30. The van der Waals surface area contributed by atoms with E-state index < -0.39 is 17.5 Å². The molecule has 30 heavy (non-hydrogen) atoms. The third-order valence-corrected chi connectivity index (χ3v) is 7.59. The number of halogens is 3. The van der Waals surface area contributed by atoms with E-state index >= 15 is 0 Å². The van der Waals surface area contributed by atoms with Crippen molar-refractivity contribution in [3.8, 4) is 11.1 Å². The van der Waals surface area contributed by atoms with Crippen molar-refractivity contribution in [1.29, 1.82) is 0 Å². The van der Waals surface area contributed by atoms with E-state index in [9.17, 15) is 13.2 Å². The molecule has 0 aliphatic heterocycles. The van der Waals surface area contributed by atoms with Crippen molar-refractivity contribution in [3.05, 3.63) is 59.4 Å². The van der Waals surface area contributed by atoms with Gasteiger partial charge in [-0.05, 0) is 91.2 Å². The molecule has 0 N–H and O–H groups in total. The second-order valence-corrected chi connectivity index (χ2v) is 9.57. The minimum atomic E-state index is -0.586. The van der Waals surface area contributed by atoms with Gasteiger partial charge in [0.25, 0.3) is 0 Å². The van der Waals surface area contributed by atoms with Crippen LogP contribution >= 0.6 is 0 Å². The van der Waals surface area contributed by atoms with Crippen LogP contribution in [0, 0.1) is 35.2 Å². The summed E-state index contributed by atoms with van der Waals surface area (Å²) < 4.78 is 43.2. The average Bonchev–Trinajstić information content (AvgIpc) is 2.73. The molecule has 2 saturated carbocycles. The van der Waals surface area contributed by atoms with Crippen LogP contribution < -0.4 is 0 Å². The maximum absolute atomic E-state index is 14.9. The van der Waals surface area contributed by atoms with Crippen LogP contribution in [0.2, 0.25) is 0 Å². The molecule has 162 valence electrons. The van der Waals surface area contributed by atoms with Crippen LogP contribution in [0.15, 0.2) is 36.4 Å². The standard InChI is InChI=1S/C27H33F3/c1-2-3-4-6-18-9-10-20-14-21(12-11-19(20)13-18)23-16-25(29)27(26(30)17-23)22-7-5-8-24(28)15-22/h5,7-8,15-21H,2-4,6,9-14H2,1H3. The van der Waals surface area contributed by atoms with Crippen molar-refractivity contribution < 1.29 is 13.2 Å². The van der Waals surface area contributed by atoms with Crippen LogP contribution in [0.5, 0.6) is 0 Å². The van der Waals surface area contributed by atoms with Gasteiger partial charge in [-0.2, -0.15) is 0 Å². The summed E-state index contributed by atoms with van der Waals surface area (Å²) >= 11 is 0. The Kier molecular flexibility index (Phi) is 6.85. The molecule has 0 aromatic heterocycles. The summed E-state index contributed by atoms with van der Waals surface area (Å²) in [6, 6.07) is 8.48. The summed E-state index contributed by atoms with van der Waals surface area (Å²) in [6.45, 7) is 2.26. The van der Waals surface area contributed by atoms with Crippen molar-refractivity contribution >= 4 is 0 Å². The largest absolute Gasteiger partial charge is 0.207 e. The highest BCUT2D eigenvalue weighted by atomic mass is 19.1. The molecule has 0 heterocycles. The summed E-state index contributed by atoms with van der Waals surface area (Å²) in [5.74, 6) is 0.944. The Morgan fingerprint density at radius 2 is 1.57 bits per heavy atom. The molecular formula is C27H33F3. The van der Waals surface area contributed by atoms with E-state index in [4.69, 9.17) is 0 Å². The van der Waals surface area contributed by atoms with E-state index in [1.165, 1.54) is 81.7 Å². The summed E-state index contributed by atoms with van der Waals surface area (Å²) in [5.41, 5.74) is 0.898. The highest BCUT2D eigenvalue weighted by Gasteiger charge is 2.36. The molecule has 2 aromatic rings. The minimum Gasteiger partial charge on any atom is -0.207 e. The normalized spacial score (nSPS) is 26.4. The van der Waals surface area contributed by atoms with E-state index in [1.807, 2.05) is 0 Å². The van der Waals surface area contributed by atoms with Crippen LogP contribution in [-0.2, 0) is 0 Å². The third-order valence-electron chi connectivity index (χ3n) is 7.59. The molecule has 0 bridgehead atoms. The molecule has 3 heteroatoms. The Labute approximate surface area is 178 Å². The lowest BCUT2D eigenvalue weighted by Gasteiger charge is -2.42. The Balaban J connectivity index is 1.44. The number of unbranched alkanes of at least 4 members (excludes halogenated alkanes) is 2. The van der Waals surface area contributed by atoms with Gasteiger partial charge in [0.15, 0.2) is 0 Å². The lowest BCUT2D eigenvalue weighted by atomic mass is 9.63. The van der Waals surface area contributed by atoms with Crippen molar-refractivity contribution in [2.75, 3.05) is 0 Å². The zero-order valence-electron chi connectivity index (χ0n) is 18.0. The van der Waals surface area contributed by atoms with Crippen molar-refractivity contribution in [2.24, 2.45) is 17.8 Å². The first-order valence-corrected chi connectivity index (χ1v) is 11.8. The monoisotopic (exact) mass is 414 g/mol. The Morgan fingerprint density at radius 3 is 2.30 bits per heavy atom. The first-order chi connectivity index (χ1) is 14.5. The maximum Gasteiger partial charge on any atom is 0.134 e. The van der Waals surface area contributed by atoms with E-state index in [2.05, 4.69) is 6.92 Å². The predicted octanol–water partition coefficient (Wildman–Crippen LogP) is 8.65. The third kappa shape index (κ3) is 4.76. The second kappa shape index (κ2) is 9.58. The highest BCUT2D eigenvalue weighted by molar-refractivity contribution is 5.65. The van der Waals surface area contributed by atoms with Crippen molar-refractivity contribution in [3.63, 3.8) is 0 Å². The topological polar surface area (TPSA) is 0 Å². The van der Waals surface area contributed by atoms with Gasteiger partial charge in [-0.3, -0.25) is 0 Å². The van der Waals surface area contributed by atoms with Crippen molar-refractivity contribution in [2.45, 2.75) is 77.0 Å². The SMILES string of the molecule is CCCCCC1CCC2CC(c3cc(F)c(-c4cccc(F)c4)c(F)c3)CCC2C1. The molecule has 0 radical (unpaired) electrons. The number of fused-ring (bicyclic) bond motifs is 1. The summed E-state index contributed by atoms with van der Waals surface area (Å²) in [6.07, 6.45) is 12.5. The molecule has 4 unspecified atom stereocenters. The lowest BCUT2D eigenvalue weighted by molar-refractivity contribution is 0.113. The fraction of sp³-hybridized carbons (Fsp3) is 0.556. The van der Waals surface area contributed by atoms with E-state index in [0.717, 1.165) is 30.2 Å².